The molecule has 36 heavy (non-hydrogen) atoms. The molecule has 1 aliphatic carbocycles. The van der Waals surface area contributed by atoms with Gasteiger partial charge in [-0.2, -0.15) is 0 Å². The number of pyridine rings is 2. The normalized spacial score (nSPS) is 14.1. The number of carbonyl (C=O) groups is 1. The summed E-state index contributed by atoms with van der Waals surface area (Å²) in [6.45, 7) is 4.19. The summed E-state index contributed by atoms with van der Waals surface area (Å²) in [5.74, 6) is 0.814. The lowest BCUT2D eigenvalue weighted by atomic mass is 9.82. The van der Waals surface area contributed by atoms with Crippen LogP contribution in [-0.2, 0) is 13.0 Å². The Morgan fingerprint density at radius 1 is 1.06 bits per heavy atom. The Morgan fingerprint density at radius 2 is 1.78 bits per heavy atom. The average molecular weight is 481 g/mol. The third-order valence-electron chi connectivity index (χ3n) is 6.80. The molecule has 0 bridgehead atoms. The van der Waals surface area contributed by atoms with Crippen LogP contribution in [0.3, 0.4) is 0 Å². The van der Waals surface area contributed by atoms with Crippen LogP contribution in [0.1, 0.15) is 55.5 Å². The number of nitrogens with one attached hydrogen (secondary N) is 1. The van der Waals surface area contributed by atoms with E-state index >= 15 is 0 Å². The fourth-order valence-corrected chi connectivity index (χ4v) is 4.81. The summed E-state index contributed by atoms with van der Waals surface area (Å²) in [6, 6.07) is 17.2. The minimum absolute atomic E-state index is 0.204. The second kappa shape index (κ2) is 9.43. The zero-order chi connectivity index (χ0) is 25.4. The van der Waals surface area contributed by atoms with Crippen molar-refractivity contribution >= 4 is 11.7 Å². The number of nitrogens with two attached hydrogens (primary N) is 1. The SMILES string of the molecule is COc1ccc(-c2ccc3c(c2)C(O)c2cc(C(=O)NCc4c(C)cc(N)nc4C)ccc2C3)cn1. The van der Waals surface area contributed by atoms with E-state index in [0.717, 1.165) is 50.2 Å². The number of ether oxygens (including phenoxy) is 1. The van der Waals surface area contributed by atoms with Crippen molar-refractivity contribution in [3.63, 3.8) is 0 Å². The van der Waals surface area contributed by atoms with Crippen LogP contribution in [0.15, 0.2) is 60.8 Å². The van der Waals surface area contributed by atoms with Gasteiger partial charge >= 0.3 is 0 Å². The third kappa shape index (κ3) is 4.41. The van der Waals surface area contributed by atoms with Crippen LogP contribution in [0.2, 0.25) is 0 Å². The van der Waals surface area contributed by atoms with Gasteiger partial charge in [-0.1, -0.05) is 18.2 Å². The summed E-state index contributed by atoms with van der Waals surface area (Å²) in [4.78, 5) is 21.6. The first-order valence-corrected chi connectivity index (χ1v) is 11.8. The van der Waals surface area contributed by atoms with Gasteiger partial charge in [0.1, 0.15) is 11.9 Å². The summed E-state index contributed by atoms with van der Waals surface area (Å²) >= 11 is 0. The fraction of sp³-hybridized carbons (Fsp3) is 0.207. The highest BCUT2D eigenvalue weighted by Crippen LogP contribution is 2.37. The lowest BCUT2D eigenvalue weighted by Crippen LogP contribution is -2.25. The molecule has 0 spiro atoms. The number of amides is 1. The number of aliphatic hydroxyl groups is 1. The van der Waals surface area contributed by atoms with Gasteiger partial charge in [-0.15, -0.1) is 0 Å². The number of aromatic nitrogens is 2. The molecule has 7 heteroatoms. The van der Waals surface area contributed by atoms with Crippen molar-refractivity contribution in [2.45, 2.75) is 32.9 Å². The zero-order valence-electron chi connectivity index (χ0n) is 20.5. The average Bonchev–Trinajstić information content (AvgIpc) is 2.88. The van der Waals surface area contributed by atoms with Crippen molar-refractivity contribution < 1.29 is 14.6 Å². The van der Waals surface area contributed by atoms with Crippen molar-refractivity contribution in [1.82, 2.24) is 15.3 Å². The summed E-state index contributed by atoms with van der Waals surface area (Å²) in [5.41, 5.74) is 14.6. The van der Waals surface area contributed by atoms with E-state index in [1.54, 1.807) is 25.4 Å². The highest BCUT2D eigenvalue weighted by Gasteiger charge is 2.25. The smallest absolute Gasteiger partial charge is 0.251 e. The maximum atomic E-state index is 13.0. The molecule has 0 aliphatic heterocycles. The first kappa shape index (κ1) is 23.5. The van der Waals surface area contributed by atoms with Crippen LogP contribution in [0.5, 0.6) is 5.88 Å². The Morgan fingerprint density at radius 3 is 2.47 bits per heavy atom. The Kier molecular flexibility index (Phi) is 6.16. The summed E-state index contributed by atoms with van der Waals surface area (Å²) < 4.78 is 5.15. The molecule has 4 N–H and O–H groups in total. The van der Waals surface area contributed by atoms with E-state index in [2.05, 4.69) is 15.3 Å². The van der Waals surface area contributed by atoms with Gasteiger partial charge in [0.05, 0.1) is 7.11 Å². The largest absolute Gasteiger partial charge is 0.481 e. The first-order chi connectivity index (χ1) is 17.3. The van der Waals surface area contributed by atoms with Crippen molar-refractivity contribution in [3.8, 4) is 17.0 Å². The van der Waals surface area contributed by atoms with Crippen LogP contribution >= 0.6 is 0 Å². The van der Waals surface area contributed by atoms with Gasteiger partial charge in [0, 0.05) is 35.6 Å². The van der Waals surface area contributed by atoms with E-state index in [1.807, 2.05) is 56.3 Å². The number of aliphatic hydroxyl groups excluding tert-OH is 1. The zero-order valence-corrected chi connectivity index (χ0v) is 20.5. The van der Waals surface area contributed by atoms with Crippen LogP contribution in [0.25, 0.3) is 11.1 Å². The number of carbonyl (C=O) groups excluding carboxylic acids is 1. The van der Waals surface area contributed by atoms with E-state index in [9.17, 15) is 9.90 Å². The molecule has 0 saturated heterocycles. The summed E-state index contributed by atoms with van der Waals surface area (Å²) in [6.07, 6.45) is 1.63. The monoisotopic (exact) mass is 480 g/mol. The van der Waals surface area contributed by atoms with E-state index in [0.29, 0.717) is 30.2 Å². The molecule has 0 saturated carbocycles. The lowest BCUT2D eigenvalue weighted by Gasteiger charge is -2.26. The highest BCUT2D eigenvalue weighted by atomic mass is 16.5. The van der Waals surface area contributed by atoms with Crippen molar-refractivity contribution in [3.05, 3.63) is 105 Å². The molecule has 2 heterocycles. The minimum Gasteiger partial charge on any atom is -0.481 e. The molecule has 1 amide bonds. The Bertz CT molecular complexity index is 1440. The summed E-state index contributed by atoms with van der Waals surface area (Å²) in [7, 11) is 1.58. The van der Waals surface area contributed by atoms with Gasteiger partial charge in [-0.3, -0.25) is 4.79 Å². The Hall–Kier alpha value is -4.23. The van der Waals surface area contributed by atoms with Gasteiger partial charge in [0.15, 0.2) is 0 Å². The number of methoxy groups -OCH3 is 1. The molecule has 4 aromatic rings. The molecule has 182 valence electrons. The second-order valence-corrected chi connectivity index (χ2v) is 9.11. The molecule has 1 atom stereocenters. The third-order valence-corrected chi connectivity index (χ3v) is 6.80. The molecular weight excluding hydrogens is 452 g/mol. The number of fused-ring (bicyclic) bond motifs is 2. The van der Waals surface area contributed by atoms with Crippen molar-refractivity contribution in [2.24, 2.45) is 0 Å². The number of hydrogen-bond donors (Lipinski definition) is 3. The molecule has 7 nitrogen and oxygen atoms in total. The predicted octanol–water partition coefficient (Wildman–Crippen LogP) is 4.27. The number of rotatable bonds is 5. The molecule has 2 aromatic heterocycles. The predicted molar refractivity (Wildman–Crippen MR) is 139 cm³/mol. The van der Waals surface area contributed by atoms with E-state index in [-0.39, 0.29) is 5.91 Å². The van der Waals surface area contributed by atoms with Gasteiger partial charge in [-0.05, 0) is 89.5 Å². The summed E-state index contributed by atoms with van der Waals surface area (Å²) in [5, 5.41) is 14.3. The standard InChI is InChI=1S/C29H28N4O3/c1-16-10-26(30)33-17(2)25(16)15-32-29(35)21-7-6-20-11-19-5-4-18(12-23(19)28(34)24(20)13-21)22-8-9-27(36-3)31-14-22/h4-10,12-14,28,34H,11,15H2,1-3H3,(H2,30,33)(H,32,35). The van der Waals surface area contributed by atoms with E-state index < -0.39 is 6.10 Å². The number of nitrogens with zero attached hydrogens (tertiary/aromatic N) is 2. The van der Waals surface area contributed by atoms with Crippen LogP contribution < -0.4 is 15.8 Å². The molecule has 0 radical (unpaired) electrons. The number of hydrogen-bond acceptors (Lipinski definition) is 6. The molecule has 2 aromatic carbocycles. The fourth-order valence-electron chi connectivity index (χ4n) is 4.81. The molecular formula is C29H28N4O3. The van der Waals surface area contributed by atoms with Crippen molar-refractivity contribution in [2.75, 3.05) is 12.8 Å². The molecule has 5 rings (SSSR count). The van der Waals surface area contributed by atoms with Crippen LogP contribution in [0, 0.1) is 13.8 Å². The maximum Gasteiger partial charge on any atom is 0.251 e. The lowest BCUT2D eigenvalue weighted by molar-refractivity contribution is 0.0950. The Labute approximate surface area is 210 Å². The first-order valence-electron chi connectivity index (χ1n) is 11.8. The van der Waals surface area contributed by atoms with Gasteiger partial charge in [0.25, 0.3) is 5.91 Å². The maximum absolute atomic E-state index is 13.0. The van der Waals surface area contributed by atoms with Gasteiger partial charge in [0.2, 0.25) is 5.88 Å². The minimum atomic E-state index is -0.826. The van der Waals surface area contributed by atoms with Gasteiger partial charge < -0.3 is 20.9 Å². The number of benzene rings is 2. The second-order valence-electron chi connectivity index (χ2n) is 9.11. The number of aryl methyl sites for hydroxylation is 2. The van der Waals surface area contributed by atoms with Crippen molar-refractivity contribution in [1.29, 1.82) is 0 Å². The van der Waals surface area contributed by atoms with Crippen LogP contribution in [-0.4, -0.2) is 28.1 Å². The quantitative estimate of drug-likeness (QED) is 0.394. The van der Waals surface area contributed by atoms with Crippen LogP contribution in [0.4, 0.5) is 5.82 Å². The molecule has 1 aliphatic rings. The van der Waals surface area contributed by atoms with E-state index in [1.165, 1.54) is 0 Å². The molecule has 0 fully saturated rings. The topological polar surface area (TPSA) is 110 Å². The molecule has 1 unspecified atom stereocenters. The highest BCUT2D eigenvalue weighted by molar-refractivity contribution is 5.94. The Balaban J connectivity index is 1.38. The number of anilines is 1. The van der Waals surface area contributed by atoms with Gasteiger partial charge in [-0.25, -0.2) is 9.97 Å². The van der Waals surface area contributed by atoms with E-state index in [4.69, 9.17) is 10.5 Å². The number of nitrogen functional groups attached to an aromatic ring is 1.